The molecule has 0 radical (unpaired) electrons. The van der Waals surface area contributed by atoms with Gasteiger partial charge in [0, 0.05) is 12.6 Å². The SMILES string of the molecule is CN1C(=O)C(c2ccc(OC(F)(F)F)cc2)N(C23CC4CC(CC(C4)C2)C3)C1N. The van der Waals surface area contributed by atoms with Crippen molar-refractivity contribution in [1.29, 1.82) is 0 Å². The third kappa shape index (κ3) is 3.11. The number of nitrogens with two attached hydrogens (primary N) is 1. The van der Waals surface area contributed by atoms with E-state index in [1.807, 2.05) is 0 Å². The van der Waals surface area contributed by atoms with Crippen LogP contribution in [0.2, 0.25) is 0 Å². The Hall–Kier alpha value is -1.80. The molecule has 4 aliphatic carbocycles. The lowest BCUT2D eigenvalue weighted by Gasteiger charge is -2.61. The fourth-order valence-electron chi connectivity index (χ4n) is 6.87. The Morgan fingerprint density at radius 2 is 1.55 bits per heavy atom. The van der Waals surface area contributed by atoms with Crippen LogP contribution < -0.4 is 10.5 Å². The molecule has 158 valence electrons. The molecular formula is C21H26F3N3O2. The van der Waals surface area contributed by atoms with Crippen LogP contribution in [0.15, 0.2) is 24.3 Å². The minimum Gasteiger partial charge on any atom is -0.406 e. The number of carbonyl (C=O) groups is 1. The van der Waals surface area contributed by atoms with Gasteiger partial charge in [-0.2, -0.15) is 0 Å². The van der Waals surface area contributed by atoms with Crippen molar-refractivity contribution in [2.45, 2.75) is 62.8 Å². The van der Waals surface area contributed by atoms with Crippen LogP contribution in [0.3, 0.4) is 0 Å². The number of alkyl halides is 3. The predicted octanol–water partition coefficient (Wildman–Crippen LogP) is 3.61. The van der Waals surface area contributed by atoms with Crippen molar-refractivity contribution in [3.8, 4) is 5.75 Å². The molecular weight excluding hydrogens is 383 g/mol. The minimum absolute atomic E-state index is 0.0968. The molecule has 6 rings (SSSR count). The van der Waals surface area contributed by atoms with Crippen LogP contribution in [-0.2, 0) is 4.79 Å². The molecule has 5 fully saturated rings. The highest BCUT2D eigenvalue weighted by Gasteiger charge is 2.60. The summed E-state index contributed by atoms with van der Waals surface area (Å²) in [5, 5.41) is 0. The molecule has 1 aliphatic heterocycles. The summed E-state index contributed by atoms with van der Waals surface area (Å²) in [5.74, 6) is 1.69. The van der Waals surface area contributed by atoms with E-state index in [2.05, 4.69) is 9.64 Å². The van der Waals surface area contributed by atoms with E-state index in [-0.39, 0.29) is 17.2 Å². The van der Waals surface area contributed by atoms with Crippen LogP contribution in [0.25, 0.3) is 0 Å². The second-order valence-electron chi connectivity index (χ2n) is 9.43. The normalized spacial score (nSPS) is 39.4. The highest BCUT2D eigenvalue weighted by Crippen LogP contribution is 2.60. The van der Waals surface area contributed by atoms with Gasteiger partial charge in [0.25, 0.3) is 0 Å². The van der Waals surface area contributed by atoms with Gasteiger partial charge in [-0.1, -0.05) is 12.1 Å². The van der Waals surface area contributed by atoms with Gasteiger partial charge < -0.3 is 9.64 Å². The Morgan fingerprint density at radius 3 is 2.03 bits per heavy atom. The van der Waals surface area contributed by atoms with Crippen LogP contribution in [0.1, 0.15) is 50.1 Å². The van der Waals surface area contributed by atoms with Gasteiger partial charge in [-0.25, -0.2) is 4.90 Å². The fourth-order valence-corrected chi connectivity index (χ4v) is 6.87. The monoisotopic (exact) mass is 409 g/mol. The summed E-state index contributed by atoms with van der Waals surface area (Å²) in [5.41, 5.74) is 7.10. The predicted molar refractivity (Wildman–Crippen MR) is 99.4 cm³/mol. The first kappa shape index (κ1) is 19.2. The summed E-state index contributed by atoms with van der Waals surface area (Å²) in [6, 6.07) is 5.10. The van der Waals surface area contributed by atoms with Crippen molar-refractivity contribution in [1.82, 2.24) is 9.80 Å². The number of ether oxygens (including phenoxy) is 1. The van der Waals surface area contributed by atoms with Gasteiger partial charge in [-0.05, 0) is 74.0 Å². The van der Waals surface area contributed by atoms with Crippen molar-refractivity contribution in [2.75, 3.05) is 7.05 Å². The Morgan fingerprint density at radius 1 is 1.03 bits per heavy atom. The second kappa shape index (κ2) is 6.35. The second-order valence-corrected chi connectivity index (χ2v) is 9.43. The Labute approximate surface area is 168 Å². The maximum absolute atomic E-state index is 13.1. The van der Waals surface area contributed by atoms with E-state index in [0.29, 0.717) is 23.3 Å². The van der Waals surface area contributed by atoms with Crippen LogP contribution in [0, 0.1) is 17.8 Å². The standard InChI is InChI=1S/C21H26F3N3O2/c1-26-18(28)17(15-2-4-16(5-3-15)29-21(22,23)24)27(19(26)25)20-9-12-6-13(10-20)8-14(7-12)11-20/h2-5,12-14,17,19H,6-11,25H2,1H3. The molecule has 1 aromatic carbocycles. The van der Waals surface area contributed by atoms with Gasteiger partial charge in [-0.3, -0.25) is 10.5 Å². The number of rotatable bonds is 3. The third-order valence-corrected chi connectivity index (χ3v) is 7.52. The van der Waals surface area contributed by atoms with E-state index in [4.69, 9.17) is 5.73 Å². The largest absolute Gasteiger partial charge is 0.573 e. The lowest BCUT2D eigenvalue weighted by atomic mass is 9.52. The number of carbonyl (C=O) groups excluding carboxylic acids is 1. The number of halogens is 3. The average Bonchev–Trinajstić information content (AvgIpc) is 2.85. The number of amides is 1. The molecule has 4 bridgehead atoms. The molecule has 4 saturated carbocycles. The van der Waals surface area contributed by atoms with Crippen molar-refractivity contribution in [3.05, 3.63) is 29.8 Å². The Bertz CT molecular complexity index is 775. The van der Waals surface area contributed by atoms with Gasteiger partial charge in [0.05, 0.1) is 0 Å². The number of hydrogen-bond acceptors (Lipinski definition) is 4. The van der Waals surface area contributed by atoms with E-state index in [0.717, 1.165) is 19.3 Å². The summed E-state index contributed by atoms with van der Waals surface area (Å²) < 4.78 is 41.4. The van der Waals surface area contributed by atoms with E-state index >= 15 is 0 Å². The van der Waals surface area contributed by atoms with Gasteiger partial charge in [-0.15, -0.1) is 13.2 Å². The first-order valence-corrected chi connectivity index (χ1v) is 10.3. The first-order valence-electron chi connectivity index (χ1n) is 10.3. The third-order valence-electron chi connectivity index (χ3n) is 7.52. The van der Waals surface area contributed by atoms with E-state index in [1.165, 1.54) is 31.4 Å². The van der Waals surface area contributed by atoms with Crippen molar-refractivity contribution < 1.29 is 22.7 Å². The Kier molecular flexibility index (Phi) is 4.20. The molecule has 5 aliphatic rings. The topological polar surface area (TPSA) is 58.8 Å². The Balaban J connectivity index is 1.49. The zero-order valence-corrected chi connectivity index (χ0v) is 16.4. The molecule has 1 saturated heterocycles. The van der Waals surface area contributed by atoms with Gasteiger partial charge in [0.2, 0.25) is 5.91 Å². The molecule has 0 aromatic heterocycles. The van der Waals surface area contributed by atoms with Gasteiger partial charge >= 0.3 is 6.36 Å². The number of nitrogens with zero attached hydrogens (tertiary/aromatic N) is 2. The highest BCUT2D eigenvalue weighted by molar-refractivity contribution is 5.85. The smallest absolute Gasteiger partial charge is 0.406 e. The molecule has 2 N–H and O–H groups in total. The first-order chi connectivity index (χ1) is 13.7. The number of likely N-dealkylation sites (N-methyl/N-ethyl adjacent to an activating group) is 1. The summed E-state index contributed by atoms with van der Waals surface area (Å²) in [7, 11) is 1.71. The van der Waals surface area contributed by atoms with Crippen molar-refractivity contribution >= 4 is 5.91 Å². The van der Waals surface area contributed by atoms with Crippen LogP contribution >= 0.6 is 0 Å². The van der Waals surface area contributed by atoms with Crippen LogP contribution in [-0.4, -0.2) is 40.9 Å². The molecule has 1 aromatic rings. The minimum atomic E-state index is -4.74. The van der Waals surface area contributed by atoms with E-state index < -0.39 is 18.7 Å². The van der Waals surface area contributed by atoms with Gasteiger partial charge in [0.1, 0.15) is 18.1 Å². The fraction of sp³-hybridized carbons (Fsp3) is 0.667. The molecule has 5 nitrogen and oxygen atoms in total. The summed E-state index contributed by atoms with van der Waals surface area (Å²) in [6.07, 6.45) is 1.74. The maximum atomic E-state index is 13.1. The lowest BCUT2D eigenvalue weighted by molar-refractivity contribution is -0.274. The maximum Gasteiger partial charge on any atom is 0.573 e. The van der Waals surface area contributed by atoms with Crippen molar-refractivity contribution in [2.24, 2.45) is 23.5 Å². The number of hydrogen-bond donors (Lipinski definition) is 1. The summed E-state index contributed by atoms with van der Waals surface area (Å²) in [6.45, 7) is 0. The molecule has 8 heteroatoms. The van der Waals surface area contributed by atoms with E-state index in [1.54, 1.807) is 24.1 Å². The zero-order valence-electron chi connectivity index (χ0n) is 16.4. The number of benzene rings is 1. The highest BCUT2D eigenvalue weighted by atomic mass is 19.4. The zero-order chi connectivity index (χ0) is 20.6. The summed E-state index contributed by atoms with van der Waals surface area (Å²) >= 11 is 0. The lowest BCUT2D eigenvalue weighted by Crippen LogP contribution is -2.64. The van der Waals surface area contributed by atoms with Gasteiger partial charge in [0.15, 0.2) is 0 Å². The molecule has 29 heavy (non-hydrogen) atoms. The van der Waals surface area contributed by atoms with Crippen LogP contribution in [0.5, 0.6) is 5.75 Å². The molecule has 1 amide bonds. The van der Waals surface area contributed by atoms with E-state index in [9.17, 15) is 18.0 Å². The molecule has 1 heterocycles. The van der Waals surface area contributed by atoms with Crippen LogP contribution in [0.4, 0.5) is 13.2 Å². The van der Waals surface area contributed by atoms with Crippen molar-refractivity contribution in [3.63, 3.8) is 0 Å². The molecule has 0 spiro atoms. The quantitative estimate of drug-likeness (QED) is 0.829. The summed E-state index contributed by atoms with van der Waals surface area (Å²) in [4.78, 5) is 16.9. The molecule has 2 atom stereocenters. The average molecular weight is 409 g/mol. The molecule has 2 unspecified atom stereocenters.